The molecular weight excluding hydrogens is 445 g/mol. The maximum absolute atomic E-state index is 11.6. The van der Waals surface area contributed by atoms with Gasteiger partial charge in [0.15, 0.2) is 0 Å². The molecule has 0 saturated carbocycles. The van der Waals surface area contributed by atoms with Crippen LogP contribution in [0.1, 0.15) is 39.5 Å². The zero-order valence-corrected chi connectivity index (χ0v) is 15.9. The van der Waals surface area contributed by atoms with E-state index in [1.807, 2.05) is 6.08 Å². The van der Waals surface area contributed by atoms with E-state index in [4.69, 9.17) is 11.6 Å². The van der Waals surface area contributed by atoms with Gasteiger partial charge in [-0.05, 0) is 12.8 Å². The standard InChI is InChI=1S/C6H12.C4H8ClF5S.ClF5S/c1-3-5-6-4-2;1-2-4(5)3-11(6,7,8,9)10;1-7(2,3,4,5)6/h3H,1,4-6H2,2H3;4H,2-3H2,1H3;. The summed E-state index contributed by atoms with van der Waals surface area (Å²) in [7, 11) is -15.9. The largest absolute Gasteiger partial charge is 0.361 e. The smallest absolute Gasteiger partial charge is 0.122 e. The first-order valence-corrected chi connectivity index (χ1v) is 11.6. The van der Waals surface area contributed by atoms with Gasteiger partial charge in [-0.15, -0.1) is 18.2 Å². The lowest BCUT2D eigenvalue weighted by molar-refractivity contribution is 0.362. The van der Waals surface area contributed by atoms with E-state index < -0.39 is 30.8 Å². The Kier molecular flexibility index (Phi) is 9.11. The Labute approximate surface area is 144 Å². The van der Waals surface area contributed by atoms with E-state index >= 15 is 0 Å². The number of hydrogen-bond donors (Lipinski definition) is 0. The minimum Gasteiger partial charge on any atom is -0.122 e. The summed E-state index contributed by atoms with van der Waals surface area (Å²) in [4.78, 5) is 0. The van der Waals surface area contributed by atoms with Gasteiger partial charge in [0.25, 0.3) is 10.2 Å². The fraction of sp³-hybridized carbons (Fsp3) is 0.800. The molecule has 0 rings (SSSR count). The molecule has 0 aromatic heterocycles. The monoisotopic (exact) mass is 464 g/mol. The molecule has 0 aliphatic rings. The molecule has 1 atom stereocenters. The molecule has 0 saturated heterocycles. The highest BCUT2D eigenvalue weighted by Gasteiger charge is 2.64. The predicted octanol–water partition coefficient (Wildman–Crippen LogP) is 10.1. The quantitative estimate of drug-likeness (QED) is 0.158. The molecule has 0 amide bonds. The van der Waals surface area contributed by atoms with Crippen LogP contribution < -0.4 is 0 Å². The van der Waals surface area contributed by atoms with Crippen molar-refractivity contribution in [1.82, 2.24) is 0 Å². The first-order valence-electron chi connectivity index (χ1n) is 6.25. The van der Waals surface area contributed by atoms with Crippen LogP contribution in [0.15, 0.2) is 12.7 Å². The van der Waals surface area contributed by atoms with Crippen LogP contribution in [0.5, 0.6) is 0 Å². The van der Waals surface area contributed by atoms with Crippen LogP contribution in [-0.2, 0) is 0 Å². The van der Waals surface area contributed by atoms with Crippen LogP contribution in [0, 0.1) is 0 Å². The molecule has 0 aliphatic carbocycles. The Hall–Kier alpha value is 0.320. The van der Waals surface area contributed by atoms with E-state index in [-0.39, 0.29) is 6.42 Å². The third-order valence-corrected chi connectivity index (χ3v) is 3.38. The Bertz CT molecular complexity index is 373. The van der Waals surface area contributed by atoms with Gasteiger partial charge in [0.2, 0.25) is 0 Å². The van der Waals surface area contributed by atoms with Crippen molar-refractivity contribution < 1.29 is 38.9 Å². The van der Waals surface area contributed by atoms with Crippen LogP contribution in [0.4, 0.5) is 38.9 Å². The minimum absolute atomic E-state index is 0.118. The van der Waals surface area contributed by atoms with Gasteiger partial charge in [0.1, 0.15) is 5.75 Å². The van der Waals surface area contributed by atoms with Crippen LogP contribution in [-0.4, -0.2) is 11.1 Å². The molecule has 0 aromatic rings. The summed E-state index contributed by atoms with van der Waals surface area (Å²) in [6.45, 7) is 7.10. The maximum Gasteiger partial charge on any atom is 0.361 e. The van der Waals surface area contributed by atoms with Gasteiger partial charge in [-0.1, -0.05) is 71.6 Å². The first-order chi connectivity index (χ1) is 9.79. The molecule has 0 aliphatic heterocycles. The summed E-state index contributed by atoms with van der Waals surface area (Å²) in [6, 6.07) is 0. The number of allylic oxidation sites excluding steroid dienone is 1. The number of rotatable bonds is 6. The molecular formula is C10H20Cl2F10S2. The summed E-state index contributed by atoms with van der Waals surface area (Å²) < 4.78 is 109. The van der Waals surface area contributed by atoms with E-state index in [1.165, 1.54) is 26.2 Å². The van der Waals surface area contributed by atoms with Gasteiger partial charge in [-0.2, -0.15) is 0 Å². The highest BCUT2D eigenvalue weighted by molar-refractivity contribution is 8.62. The molecule has 1 unspecified atom stereocenters. The average molecular weight is 465 g/mol. The molecule has 0 aromatic carbocycles. The van der Waals surface area contributed by atoms with Crippen molar-refractivity contribution in [2.24, 2.45) is 0 Å². The second kappa shape index (κ2) is 7.51. The third kappa shape index (κ3) is 66.8. The summed E-state index contributed by atoms with van der Waals surface area (Å²) >= 11 is 4.96. The lowest BCUT2D eigenvalue weighted by Gasteiger charge is -2.41. The van der Waals surface area contributed by atoms with Crippen LogP contribution in [0.25, 0.3) is 0 Å². The molecule has 0 fully saturated rings. The number of hydrogen-bond acceptors (Lipinski definition) is 0. The van der Waals surface area contributed by atoms with Crippen molar-refractivity contribution in [1.29, 1.82) is 0 Å². The molecule has 0 heterocycles. The lowest BCUT2D eigenvalue weighted by Crippen LogP contribution is -2.19. The molecule has 0 radical (unpaired) electrons. The molecule has 0 nitrogen and oxygen atoms in total. The summed E-state index contributed by atoms with van der Waals surface area (Å²) in [5, 5.41) is -1.52. The average Bonchev–Trinajstić information content (AvgIpc) is 2.18. The Morgan fingerprint density at radius 2 is 1.25 bits per heavy atom. The Balaban J connectivity index is -0.000000294. The Morgan fingerprint density at radius 3 is 1.33 bits per heavy atom. The van der Waals surface area contributed by atoms with Gasteiger partial charge in [0.05, 0.1) is 16.1 Å². The Morgan fingerprint density at radius 1 is 0.917 bits per heavy atom. The zero-order valence-electron chi connectivity index (χ0n) is 12.7. The van der Waals surface area contributed by atoms with Gasteiger partial charge in [0, 0.05) is 0 Å². The van der Waals surface area contributed by atoms with E-state index in [2.05, 4.69) is 24.2 Å². The first kappa shape index (κ1) is 29.1. The maximum atomic E-state index is 11.6. The van der Waals surface area contributed by atoms with Crippen molar-refractivity contribution >= 4 is 41.9 Å². The van der Waals surface area contributed by atoms with E-state index in [9.17, 15) is 38.9 Å². The number of halogens is 12. The highest BCUT2D eigenvalue weighted by Crippen LogP contribution is 3.01. The summed E-state index contributed by atoms with van der Waals surface area (Å²) in [6.07, 6.45) is 5.60. The van der Waals surface area contributed by atoms with E-state index in [0.29, 0.717) is 0 Å². The molecule has 0 N–H and O–H groups in total. The van der Waals surface area contributed by atoms with Crippen molar-refractivity contribution in [2.75, 3.05) is 5.75 Å². The fourth-order valence-electron chi connectivity index (χ4n) is 0.808. The molecule has 0 bridgehead atoms. The second-order valence-corrected chi connectivity index (χ2v) is 11.3. The van der Waals surface area contributed by atoms with Crippen molar-refractivity contribution in [2.45, 2.75) is 44.9 Å². The minimum atomic E-state index is -9.50. The van der Waals surface area contributed by atoms with Crippen molar-refractivity contribution in [3.8, 4) is 0 Å². The summed E-state index contributed by atoms with van der Waals surface area (Å²) in [5.74, 6) is -2.17. The highest BCUT2D eigenvalue weighted by atomic mass is 35.7. The van der Waals surface area contributed by atoms with Gasteiger partial charge in [-0.3, -0.25) is 0 Å². The molecule has 156 valence electrons. The predicted molar refractivity (Wildman–Crippen MR) is 86.6 cm³/mol. The topological polar surface area (TPSA) is 0 Å². The van der Waals surface area contributed by atoms with Gasteiger partial charge >= 0.3 is 9.44 Å². The van der Waals surface area contributed by atoms with Crippen molar-refractivity contribution in [3.63, 3.8) is 0 Å². The normalized spacial score (nSPS) is 18.9. The van der Waals surface area contributed by atoms with Crippen molar-refractivity contribution in [3.05, 3.63) is 12.7 Å². The number of unbranched alkanes of at least 4 members (excludes halogenated alkanes) is 2. The van der Waals surface area contributed by atoms with Crippen LogP contribution >= 0.6 is 41.9 Å². The molecule has 0 spiro atoms. The summed E-state index contributed by atoms with van der Waals surface area (Å²) in [5.41, 5.74) is 0. The van der Waals surface area contributed by atoms with E-state index in [1.54, 1.807) is 0 Å². The lowest BCUT2D eigenvalue weighted by atomic mass is 10.3. The molecule has 14 heteroatoms. The van der Waals surface area contributed by atoms with Gasteiger partial charge in [-0.25, -0.2) is 0 Å². The number of alkyl halides is 1. The van der Waals surface area contributed by atoms with E-state index in [0.717, 1.165) is 0 Å². The van der Waals surface area contributed by atoms with Gasteiger partial charge < -0.3 is 0 Å². The second-order valence-electron chi connectivity index (χ2n) is 4.61. The SMILES string of the molecule is C=CCCCC.CCC(Cl)CS(F)(F)(F)(F)F.FS(F)(F)(F)(F)Cl. The molecule has 24 heavy (non-hydrogen) atoms. The fourth-order valence-corrected chi connectivity index (χ4v) is 2.44. The van der Waals surface area contributed by atoms with Crippen LogP contribution in [0.2, 0.25) is 0 Å². The third-order valence-electron chi connectivity index (χ3n) is 1.70. The zero-order chi connectivity index (χ0) is 20.6. The van der Waals surface area contributed by atoms with Crippen LogP contribution in [0.3, 0.4) is 0 Å².